The van der Waals surface area contributed by atoms with Gasteiger partial charge in [0, 0.05) is 6.08 Å². The fourth-order valence-corrected chi connectivity index (χ4v) is 0.420. The van der Waals surface area contributed by atoms with Crippen molar-refractivity contribution in [2.24, 2.45) is 0 Å². The topological polar surface area (TPSA) is 94.8 Å². The number of aliphatic carboxylic acids is 2. The van der Waals surface area contributed by atoms with Gasteiger partial charge in [-0.2, -0.15) is 0 Å². The Morgan fingerprint density at radius 2 is 1.54 bits per heavy atom. The molecule has 0 aromatic rings. The van der Waals surface area contributed by atoms with Crippen LogP contribution in [0.1, 0.15) is 0 Å². The van der Waals surface area contributed by atoms with E-state index in [1.165, 1.54) is 18.2 Å². The lowest BCUT2D eigenvalue weighted by Crippen LogP contribution is -1.97. The second-order valence-corrected chi connectivity index (χ2v) is 1.94. The van der Waals surface area contributed by atoms with Crippen LogP contribution in [0.25, 0.3) is 0 Å². The van der Waals surface area contributed by atoms with Gasteiger partial charge in [0.15, 0.2) is 0 Å². The fourth-order valence-electron chi connectivity index (χ4n) is 0.420. The normalized spacial score (nSPS) is 12.5. The molecule has 5 nitrogen and oxygen atoms in total. The molecule has 0 saturated heterocycles. The van der Waals surface area contributed by atoms with Crippen LogP contribution in [-0.4, -0.2) is 27.3 Å². The van der Waals surface area contributed by atoms with Gasteiger partial charge < -0.3 is 15.3 Å². The van der Waals surface area contributed by atoms with Gasteiger partial charge in [0.2, 0.25) is 5.76 Å². The molecule has 0 atom stereocenters. The molecule has 3 N–H and O–H groups in total. The molecule has 0 aliphatic heterocycles. The smallest absolute Gasteiger partial charge is 0.370 e. The van der Waals surface area contributed by atoms with Crippen molar-refractivity contribution in [3.05, 3.63) is 36.1 Å². The molecule has 0 amide bonds. The molecule has 0 radical (unpaired) electrons. The van der Waals surface area contributed by atoms with Crippen LogP contribution in [0.3, 0.4) is 0 Å². The summed E-state index contributed by atoms with van der Waals surface area (Å²) in [7, 11) is 0. The fraction of sp³-hybridized carbons (Fsp3) is 0. The number of carboxylic acids is 2. The van der Waals surface area contributed by atoms with Gasteiger partial charge in [0.25, 0.3) is 0 Å². The minimum atomic E-state index is -1.44. The Balaban J connectivity index is 4.08. The number of rotatable bonds is 4. The number of hydrogen-bond donors (Lipinski definition) is 3. The maximum absolute atomic E-state index is 10.0. The summed E-state index contributed by atoms with van der Waals surface area (Å²) in [6, 6.07) is 0. The zero-order chi connectivity index (χ0) is 10.3. The van der Waals surface area contributed by atoms with Gasteiger partial charge in [-0.15, -0.1) is 0 Å². The van der Waals surface area contributed by atoms with Gasteiger partial charge in [0.05, 0.1) is 0 Å². The van der Waals surface area contributed by atoms with Gasteiger partial charge >= 0.3 is 11.9 Å². The van der Waals surface area contributed by atoms with Crippen LogP contribution in [0, 0.1) is 0 Å². The first kappa shape index (κ1) is 11.0. The first-order valence-corrected chi connectivity index (χ1v) is 3.24. The third kappa shape index (κ3) is 6.36. The van der Waals surface area contributed by atoms with Gasteiger partial charge in [-0.3, -0.25) is 0 Å². The van der Waals surface area contributed by atoms with Gasteiger partial charge in [-0.05, 0) is 6.08 Å². The Morgan fingerprint density at radius 1 is 0.923 bits per heavy atom. The monoisotopic (exact) mass is 184 g/mol. The first-order chi connectivity index (χ1) is 6.04. The highest BCUT2D eigenvalue weighted by molar-refractivity contribution is 5.84. The second kappa shape index (κ2) is 5.59. The quantitative estimate of drug-likeness (QED) is 0.339. The van der Waals surface area contributed by atoms with Gasteiger partial charge in [-0.25, -0.2) is 9.59 Å². The molecule has 0 aliphatic rings. The van der Waals surface area contributed by atoms with E-state index in [1.54, 1.807) is 0 Å². The summed E-state index contributed by atoms with van der Waals surface area (Å²) in [5.41, 5.74) is 0. The molecule has 13 heavy (non-hydrogen) atoms. The molecule has 0 bridgehead atoms. The highest BCUT2D eigenvalue weighted by Gasteiger charge is 1.99. The highest BCUT2D eigenvalue weighted by Crippen LogP contribution is 1.88. The van der Waals surface area contributed by atoms with Crippen molar-refractivity contribution in [3.8, 4) is 0 Å². The molecule has 0 saturated carbocycles. The number of carboxylic acid groups (broad SMARTS) is 2. The Kier molecular flexibility index (Phi) is 4.71. The molecule has 0 heterocycles. The summed E-state index contributed by atoms with van der Waals surface area (Å²) in [4.78, 5) is 19.9. The maximum Gasteiger partial charge on any atom is 0.370 e. The first-order valence-electron chi connectivity index (χ1n) is 3.24. The van der Waals surface area contributed by atoms with Crippen molar-refractivity contribution >= 4 is 11.9 Å². The molecule has 0 spiro atoms. The predicted octanol–water partition coefficient (Wildman–Crippen LogP) is 0.710. The molecule has 70 valence electrons. The SMILES string of the molecule is O=C(O)C=CC=CC=C(O)C(=O)O. The molecule has 0 rings (SSSR count). The lowest BCUT2D eigenvalue weighted by Gasteiger charge is -1.85. The van der Waals surface area contributed by atoms with Crippen molar-refractivity contribution in [1.29, 1.82) is 0 Å². The minimum Gasteiger partial charge on any atom is -0.502 e. The summed E-state index contributed by atoms with van der Waals surface area (Å²) in [6.45, 7) is 0. The Morgan fingerprint density at radius 3 is 2.00 bits per heavy atom. The Hall–Kier alpha value is -2.04. The van der Waals surface area contributed by atoms with E-state index in [9.17, 15) is 9.59 Å². The van der Waals surface area contributed by atoms with Crippen molar-refractivity contribution in [3.63, 3.8) is 0 Å². The molecular formula is C8H8O5. The average Bonchev–Trinajstić information content (AvgIpc) is 2.02. The van der Waals surface area contributed by atoms with Crippen LogP contribution in [0.5, 0.6) is 0 Å². The van der Waals surface area contributed by atoms with Gasteiger partial charge in [-0.1, -0.05) is 18.2 Å². The zero-order valence-corrected chi connectivity index (χ0v) is 6.54. The van der Waals surface area contributed by atoms with E-state index in [0.29, 0.717) is 0 Å². The second-order valence-electron chi connectivity index (χ2n) is 1.94. The molecule has 0 fully saturated rings. The lowest BCUT2D eigenvalue weighted by molar-refractivity contribution is -0.135. The van der Waals surface area contributed by atoms with Crippen molar-refractivity contribution < 1.29 is 24.9 Å². The average molecular weight is 184 g/mol. The molecular weight excluding hydrogens is 176 g/mol. The lowest BCUT2D eigenvalue weighted by atomic mass is 10.4. The van der Waals surface area contributed by atoms with Crippen LogP contribution >= 0.6 is 0 Å². The summed E-state index contributed by atoms with van der Waals surface area (Å²) in [6.07, 6.45) is 5.51. The Bertz CT molecular complexity index is 285. The van der Waals surface area contributed by atoms with Crippen molar-refractivity contribution in [2.45, 2.75) is 0 Å². The van der Waals surface area contributed by atoms with E-state index in [2.05, 4.69) is 0 Å². The molecule has 0 aliphatic carbocycles. The van der Waals surface area contributed by atoms with Crippen LogP contribution in [0.4, 0.5) is 0 Å². The van der Waals surface area contributed by atoms with Crippen LogP contribution in [-0.2, 0) is 9.59 Å². The van der Waals surface area contributed by atoms with E-state index in [1.807, 2.05) is 0 Å². The minimum absolute atomic E-state index is 0.806. The molecule has 0 aromatic carbocycles. The van der Waals surface area contributed by atoms with E-state index in [0.717, 1.165) is 12.2 Å². The van der Waals surface area contributed by atoms with E-state index in [-0.39, 0.29) is 0 Å². The van der Waals surface area contributed by atoms with Crippen LogP contribution < -0.4 is 0 Å². The summed E-state index contributed by atoms with van der Waals surface area (Å²) < 4.78 is 0. The summed E-state index contributed by atoms with van der Waals surface area (Å²) in [5.74, 6) is -3.34. The van der Waals surface area contributed by atoms with Crippen LogP contribution in [0.2, 0.25) is 0 Å². The zero-order valence-electron chi connectivity index (χ0n) is 6.54. The molecule has 5 heteroatoms. The number of aliphatic hydroxyl groups excluding tert-OH is 1. The maximum atomic E-state index is 10.0. The Labute approximate surface area is 73.9 Å². The molecule has 0 unspecified atom stereocenters. The third-order valence-electron chi connectivity index (χ3n) is 0.934. The van der Waals surface area contributed by atoms with Crippen LogP contribution in [0.15, 0.2) is 36.1 Å². The summed E-state index contributed by atoms with van der Waals surface area (Å²) in [5, 5.41) is 24.9. The van der Waals surface area contributed by atoms with E-state index < -0.39 is 17.7 Å². The van der Waals surface area contributed by atoms with E-state index >= 15 is 0 Å². The molecule has 0 aromatic heterocycles. The number of allylic oxidation sites excluding steroid dienone is 4. The summed E-state index contributed by atoms with van der Waals surface area (Å²) >= 11 is 0. The largest absolute Gasteiger partial charge is 0.502 e. The van der Waals surface area contributed by atoms with E-state index in [4.69, 9.17) is 15.3 Å². The highest BCUT2D eigenvalue weighted by atomic mass is 16.4. The predicted molar refractivity (Wildman–Crippen MR) is 44.3 cm³/mol. The number of hydrogen-bond acceptors (Lipinski definition) is 3. The van der Waals surface area contributed by atoms with Crippen molar-refractivity contribution in [1.82, 2.24) is 0 Å². The number of aliphatic hydroxyl groups is 1. The standard InChI is InChI=1S/C8H8O5/c9-6(8(12)13)4-2-1-3-5-7(10)11/h1-5,9H,(H,10,11)(H,12,13). The van der Waals surface area contributed by atoms with Crippen molar-refractivity contribution in [2.75, 3.05) is 0 Å². The van der Waals surface area contributed by atoms with Gasteiger partial charge in [0.1, 0.15) is 0 Å². The third-order valence-corrected chi connectivity index (χ3v) is 0.934. The number of carbonyl (C=O) groups is 2.